The zero-order valence-electron chi connectivity index (χ0n) is 23.8. The Labute approximate surface area is 261 Å². The van der Waals surface area contributed by atoms with Gasteiger partial charge in [-0.25, -0.2) is 0 Å². The second-order valence-electron chi connectivity index (χ2n) is 11.7. The number of rotatable bonds is 3. The maximum Gasteiger partial charge on any atom is 0.0726 e. The van der Waals surface area contributed by atoms with E-state index in [1.807, 2.05) is 22.7 Å². The normalized spacial score (nSPS) is 13.8. The fourth-order valence-corrected chi connectivity index (χ4v) is 9.66. The van der Waals surface area contributed by atoms with Crippen molar-refractivity contribution in [3.63, 3.8) is 0 Å². The first-order valence-electron chi connectivity index (χ1n) is 15.2. The first-order chi connectivity index (χ1) is 21.8. The van der Waals surface area contributed by atoms with Crippen LogP contribution in [0.3, 0.4) is 0 Å². The highest BCUT2D eigenvalue weighted by Crippen LogP contribution is 2.48. The van der Waals surface area contributed by atoms with Crippen molar-refractivity contribution in [3.05, 3.63) is 127 Å². The molecule has 3 aromatic heterocycles. The first-order valence-corrected chi connectivity index (χ1v) is 16.8. The maximum absolute atomic E-state index is 3.76. The molecule has 208 valence electrons. The molecule has 4 heteroatoms. The standard InChI is InChI=1S/C40H26N2S2/c1-2-10-26(11-3-1)42-33-21-19-24(41-25-18-20-28-27-12-6-8-16-34(27)43-36(28)23-25)22-32(33)37-29-13-4-5-14-30(29)38-31-15-7-9-17-35(31)44-40(38)39(37)42/h2,4-23,41H,1,3H2. The molecule has 0 saturated heterocycles. The van der Waals surface area contributed by atoms with Crippen molar-refractivity contribution in [2.45, 2.75) is 12.8 Å². The summed E-state index contributed by atoms with van der Waals surface area (Å²) in [6, 6.07) is 40.2. The number of hydrogen-bond acceptors (Lipinski definition) is 3. The fraction of sp³-hybridized carbons (Fsp3) is 0.0500. The number of fused-ring (bicyclic) bond motifs is 13. The van der Waals surface area contributed by atoms with Crippen LogP contribution < -0.4 is 5.32 Å². The lowest BCUT2D eigenvalue weighted by Crippen LogP contribution is -1.97. The van der Waals surface area contributed by atoms with Gasteiger partial charge in [-0.2, -0.15) is 0 Å². The topological polar surface area (TPSA) is 17.0 Å². The average Bonchev–Trinajstić information content (AvgIpc) is 3.75. The van der Waals surface area contributed by atoms with Crippen LogP contribution in [0.4, 0.5) is 11.4 Å². The fourth-order valence-electron chi connectivity index (χ4n) is 7.26. The lowest BCUT2D eigenvalue weighted by atomic mass is 9.98. The van der Waals surface area contributed by atoms with E-state index in [-0.39, 0.29) is 0 Å². The second-order valence-corrected chi connectivity index (χ2v) is 13.8. The van der Waals surface area contributed by atoms with E-state index in [9.17, 15) is 0 Å². The third-order valence-corrected chi connectivity index (χ3v) is 11.5. The Balaban J connectivity index is 1.26. The lowest BCUT2D eigenvalue weighted by molar-refractivity contribution is 1.02. The number of benzene rings is 6. The van der Waals surface area contributed by atoms with Crippen LogP contribution >= 0.6 is 22.7 Å². The molecule has 0 saturated carbocycles. The number of hydrogen-bond donors (Lipinski definition) is 1. The summed E-state index contributed by atoms with van der Waals surface area (Å²) >= 11 is 3.78. The molecule has 9 aromatic rings. The van der Waals surface area contributed by atoms with Crippen LogP contribution in [0.2, 0.25) is 0 Å². The molecule has 6 aromatic carbocycles. The Morgan fingerprint density at radius 1 is 0.545 bits per heavy atom. The molecule has 0 amide bonds. The van der Waals surface area contributed by atoms with Crippen LogP contribution in [0.25, 0.3) is 78.6 Å². The van der Waals surface area contributed by atoms with E-state index < -0.39 is 0 Å². The molecule has 1 aliphatic rings. The van der Waals surface area contributed by atoms with E-state index in [0.29, 0.717) is 0 Å². The Bertz CT molecular complexity index is 2700. The Morgan fingerprint density at radius 2 is 1.23 bits per heavy atom. The largest absolute Gasteiger partial charge is 0.355 e. The zero-order chi connectivity index (χ0) is 28.8. The molecule has 44 heavy (non-hydrogen) atoms. The molecule has 0 aliphatic heterocycles. The summed E-state index contributed by atoms with van der Waals surface area (Å²) in [6.07, 6.45) is 9.19. The molecule has 2 nitrogen and oxygen atoms in total. The summed E-state index contributed by atoms with van der Waals surface area (Å²) in [5.41, 5.74) is 6.05. The van der Waals surface area contributed by atoms with Crippen molar-refractivity contribution in [2.75, 3.05) is 5.32 Å². The summed E-state index contributed by atoms with van der Waals surface area (Å²) in [6.45, 7) is 0. The molecule has 1 aliphatic carbocycles. The van der Waals surface area contributed by atoms with Crippen molar-refractivity contribution >= 4 is 113 Å². The number of aromatic nitrogens is 1. The van der Waals surface area contributed by atoms with Crippen LogP contribution in [0.1, 0.15) is 12.8 Å². The van der Waals surface area contributed by atoms with E-state index in [1.165, 1.54) is 78.6 Å². The summed E-state index contributed by atoms with van der Waals surface area (Å²) < 4.78 is 7.87. The summed E-state index contributed by atoms with van der Waals surface area (Å²) in [7, 11) is 0. The molecule has 0 atom stereocenters. The van der Waals surface area contributed by atoms with Gasteiger partial charge < -0.3 is 9.88 Å². The average molecular weight is 599 g/mol. The number of nitrogens with zero attached hydrogens (tertiary/aromatic N) is 1. The minimum absolute atomic E-state index is 1.07. The third-order valence-electron chi connectivity index (χ3n) is 9.14. The Kier molecular flexibility index (Phi) is 5.18. The van der Waals surface area contributed by atoms with E-state index in [2.05, 4.69) is 137 Å². The van der Waals surface area contributed by atoms with Crippen molar-refractivity contribution in [1.82, 2.24) is 4.57 Å². The number of nitrogens with one attached hydrogen (secondary N) is 1. The van der Waals surface area contributed by atoms with Gasteiger partial charge in [-0.3, -0.25) is 0 Å². The van der Waals surface area contributed by atoms with Gasteiger partial charge in [0, 0.05) is 63.5 Å². The SMILES string of the molecule is C1=CC(n2c3ccc(Nc4ccc5c(c4)sc4ccccc45)cc3c3c4ccccc4c4c5ccccc5sc4c32)=CCC1. The number of thiophene rings is 2. The van der Waals surface area contributed by atoms with Crippen molar-refractivity contribution < 1.29 is 0 Å². The Hall–Kier alpha value is -4.90. The molecule has 0 radical (unpaired) electrons. The highest BCUT2D eigenvalue weighted by atomic mass is 32.1. The minimum atomic E-state index is 1.07. The van der Waals surface area contributed by atoms with Crippen LogP contribution in [-0.2, 0) is 0 Å². The van der Waals surface area contributed by atoms with Crippen molar-refractivity contribution in [1.29, 1.82) is 0 Å². The van der Waals surface area contributed by atoms with E-state index in [0.717, 1.165) is 24.2 Å². The minimum Gasteiger partial charge on any atom is -0.355 e. The van der Waals surface area contributed by atoms with Gasteiger partial charge >= 0.3 is 0 Å². The molecular weight excluding hydrogens is 573 g/mol. The van der Waals surface area contributed by atoms with Gasteiger partial charge in [0.2, 0.25) is 0 Å². The van der Waals surface area contributed by atoms with E-state index in [1.54, 1.807) is 0 Å². The monoisotopic (exact) mass is 598 g/mol. The predicted molar refractivity (Wildman–Crippen MR) is 195 cm³/mol. The van der Waals surface area contributed by atoms with Gasteiger partial charge in [0.1, 0.15) is 0 Å². The number of allylic oxidation sites excluding steroid dienone is 4. The van der Waals surface area contributed by atoms with Crippen LogP contribution in [0, 0.1) is 0 Å². The molecule has 1 N–H and O–H groups in total. The maximum atomic E-state index is 3.76. The molecule has 0 unspecified atom stereocenters. The van der Waals surface area contributed by atoms with Gasteiger partial charge in [-0.05, 0) is 72.2 Å². The van der Waals surface area contributed by atoms with Gasteiger partial charge in [-0.1, -0.05) is 78.9 Å². The smallest absolute Gasteiger partial charge is 0.0726 e. The van der Waals surface area contributed by atoms with Crippen molar-refractivity contribution in [3.8, 4) is 0 Å². The van der Waals surface area contributed by atoms with Crippen molar-refractivity contribution in [2.24, 2.45) is 0 Å². The summed E-state index contributed by atoms with van der Waals surface area (Å²) in [4.78, 5) is 0. The highest BCUT2D eigenvalue weighted by molar-refractivity contribution is 7.27. The zero-order valence-corrected chi connectivity index (χ0v) is 25.4. The van der Waals surface area contributed by atoms with Crippen LogP contribution in [-0.4, -0.2) is 4.57 Å². The Morgan fingerprint density at radius 3 is 2.05 bits per heavy atom. The second kappa shape index (κ2) is 9.30. The summed E-state index contributed by atoms with van der Waals surface area (Å²) in [5, 5.41) is 14.4. The molecule has 0 bridgehead atoms. The van der Waals surface area contributed by atoms with Gasteiger partial charge in [0.25, 0.3) is 0 Å². The quantitative estimate of drug-likeness (QED) is 0.214. The summed E-state index contributed by atoms with van der Waals surface area (Å²) in [5.74, 6) is 0. The molecule has 0 spiro atoms. The molecule has 0 fully saturated rings. The molecule has 10 rings (SSSR count). The van der Waals surface area contributed by atoms with Crippen LogP contribution in [0.15, 0.2) is 127 Å². The van der Waals surface area contributed by atoms with E-state index >= 15 is 0 Å². The van der Waals surface area contributed by atoms with Gasteiger partial charge in [0.05, 0.1) is 15.7 Å². The molecule has 3 heterocycles. The predicted octanol–water partition coefficient (Wildman–Crippen LogP) is 12.6. The third kappa shape index (κ3) is 3.47. The van der Waals surface area contributed by atoms with Gasteiger partial charge in [-0.15, -0.1) is 22.7 Å². The first kappa shape index (κ1) is 24.5. The van der Waals surface area contributed by atoms with Gasteiger partial charge in [0.15, 0.2) is 0 Å². The van der Waals surface area contributed by atoms with E-state index in [4.69, 9.17) is 0 Å². The highest BCUT2D eigenvalue weighted by Gasteiger charge is 2.22. The lowest BCUT2D eigenvalue weighted by Gasteiger charge is -2.13. The van der Waals surface area contributed by atoms with Crippen LogP contribution in [0.5, 0.6) is 0 Å². The molecular formula is C40H26N2S2. The number of anilines is 2.